The van der Waals surface area contributed by atoms with Gasteiger partial charge in [0, 0.05) is 55.6 Å². The van der Waals surface area contributed by atoms with Crippen molar-refractivity contribution in [2.24, 2.45) is 13.0 Å². The molecule has 2 saturated heterocycles. The van der Waals surface area contributed by atoms with Gasteiger partial charge in [-0.15, -0.1) is 0 Å². The number of aromatic carboxylic acids is 1. The molecule has 1 unspecified atom stereocenters. The maximum atomic E-state index is 13.0. The zero-order chi connectivity index (χ0) is 34.7. The molecule has 12 nitrogen and oxygen atoms in total. The Kier molecular flexibility index (Phi) is 10.0. The molecule has 1 atom stereocenters. The van der Waals surface area contributed by atoms with E-state index in [1.807, 2.05) is 44.3 Å². The first kappa shape index (κ1) is 33.8. The Morgan fingerprint density at radius 3 is 2.59 bits per heavy atom. The minimum atomic E-state index is -1.03. The van der Waals surface area contributed by atoms with E-state index in [1.165, 1.54) is 6.20 Å². The summed E-state index contributed by atoms with van der Waals surface area (Å²) in [7, 11) is 3.90. The highest BCUT2D eigenvalue weighted by Gasteiger charge is 2.31. The lowest BCUT2D eigenvalue weighted by atomic mass is 9.92. The molecule has 2 aromatic carbocycles. The van der Waals surface area contributed by atoms with Crippen molar-refractivity contribution in [3.63, 3.8) is 0 Å². The first-order valence-electron chi connectivity index (χ1n) is 16.9. The van der Waals surface area contributed by atoms with Crippen molar-refractivity contribution in [2.45, 2.75) is 51.4 Å². The molecule has 2 aliphatic rings. The number of likely N-dealkylation sites (tertiary alicyclic amines) is 1. The minimum absolute atomic E-state index is 0.0592. The van der Waals surface area contributed by atoms with Crippen molar-refractivity contribution >= 4 is 46.0 Å². The van der Waals surface area contributed by atoms with Crippen LogP contribution in [-0.4, -0.2) is 81.7 Å². The first-order valence-corrected chi connectivity index (χ1v) is 16.9. The topological polar surface area (TPSA) is 150 Å². The number of fused-ring (bicyclic) bond motifs is 1. The van der Waals surface area contributed by atoms with Crippen LogP contribution in [0.15, 0.2) is 54.7 Å². The molecule has 0 aliphatic carbocycles. The summed E-state index contributed by atoms with van der Waals surface area (Å²) in [4.78, 5) is 57.2. The Hall–Kier alpha value is -5.10. The maximum absolute atomic E-state index is 13.0. The lowest BCUT2D eigenvalue weighted by molar-refractivity contribution is -0.134. The molecule has 2 aromatic heterocycles. The van der Waals surface area contributed by atoms with Gasteiger partial charge in [-0.1, -0.05) is 12.1 Å². The zero-order valence-corrected chi connectivity index (χ0v) is 28.2. The highest BCUT2D eigenvalue weighted by molar-refractivity contribution is 6.03. The third-order valence-corrected chi connectivity index (χ3v) is 9.86. The molecule has 4 heterocycles. The Balaban J connectivity index is 0.947. The molecule has 6 rings (SSSR count). The molecule has 12 heteroatoms. The number of nitrogens with zero attached hydrogens (tertiary/aromatic N) is 5. The van der Waals surface area contributed by atoms with Crippen molar-refractivity contribution < 1.29 is 24.3 Å². The van der Waals surface area contributed by atoms with Crippen molar-refractivity contribution in [2.75, 3.05) is 43.4 Å². The molecular formula is C37H43N7O5. The number of nitrogens with one attached hydrogen (secondary N) is 2. The molecule has 4 aromatic rings. The molecule has 3 amide bonds. The standard InChI is InChI=1S/C37H43N7O5/c1-23-20-26(9-11-27(23)28-7-4-16-38-35(28)37(48)49)42(2)17-5-6-24-14-18-44(19-15-24)22-33(46)39-25-8-10-29-31(21-25)43(3)41-34(29)30-12-13-32(45)40-36(30)47/h4,7-11,16,20-21,24,30H,5-6,12-15,17-19,22H2,1-3H3,(H,39,46)(H,48,49)(H,40,45,47). The van der Waals surface area contributed by atoms with Crippen LogP contribution in [0.3, 0.4) is 0 Å². The van der Waals surface area contributed by atoms with Crippen molar-refractivity contribution in [3.8, 4) is 11.1 Å². The number of aryl methyl sites for hydroxylation is 2. The Morgan fingerprint density at radius 2 is 1.86 bits per heavy atom. The van der Waals surface area contributed by atoms with Gasteiger partial charge in [0.15, 0.2) is 5.69 Å². The average Bonchev–Trinajstić information content (AvgIpc) is 3.40. The van der Waals surface area contributed by atoms with Gasteiger partial charge < -0.3 is 15.3 Å². The fraction of sp³-hybridized carbons (Fsp3) is 0.405. The number of benzene rings is 2. The van der Waals surface area contributed by atoms with Gasteiger partial charge in [-0.2, -0.15) is 5.10 Å². The zero-order valence-electron chi connectivity index (χ0n) is 28.2. The van der Waals surface area contributed by atoms with Crippen molar-refractivity contribution in [1.82, 2.24) is 25.0 Å². The van der Waals surface area contributed by atoms with Gasteiger partial charge in [0.1, 0.15) is 0 Å². The summed E-state index contributed by atoms with van der Waals surface area (Å²) < 4.78 is 1.71. The highest BCUT2D eigenvalue weighted by atomic mass is 16.4. The molecule has 0 spiro atoms. The predicted octanol–water partition coefficient (Wildman–Crippen LogP) is 4.73. The smallest absolute Gasteiger partial charge is 0.355 e. The monoisotopic (exact) mass is 665 g/mol. The van der Waals surface area contributed by atoms with E-state index in [2.05, 4.69) is 43.6 Å². The van der Waals surface area contributed by atoms with Crippen molar-refractivity contribution in [1.29, 1.82) is 0 Å². The number of piperidine rings is 2. The molecule has 2 aliphatic heterocycles. The number of anilines is 2. The van der Waals surface area contributed by atoms with Gasteiger partial charge >= 0.3 is 5.97 Å². The second kappa shape index (κ2) is 14.6. The number of aromatic nitrogens is 3. The van der Waals surface area contributed by atoms with Crippen LogP contribution in [0.1, 0.15) is 66.2 Å². The highest BCUT2D eigenvalue weighted by Crippen LogP contribution is 2.32. The van der Waals surface area contributed by atoms with E-state index >= 15 is 0 Å². The van der Waals surface area contributed by atoms with Crippen molar-refractivity contribution in [3.05, 3.63) is 71.7 Å². The molecule has 0 saturated carbocycles. The quantitative estimate of drug-likeness (QED) is 0.193. The Labute approximate surface area is 285 Å². The summed E-state index contributed by atoms with van der Waals surface area (Å²) in [6, 6.07) is 15.3. The summed E-state index contributed by atoms with van der Waals surface area (Å²) in [6.07, 6.45) is 6.55. The van der Waals surface area contributed by atoms with Crippen LogP contribution in [0.2, 0.25) is 0 Å². The fourth-order valence-corrected chi connectivity index (χ4v) is 7.14. The van der Waals surface area contributed by atoms with Crippen LogP contribution in [0, 0.1) is 12.8 Å². The number of carbonyl (C=O) groups excluding carboxylic acids is 3. The fourth-order valence-electron chi connectivity index (χ4n) is 7.14. The van der Waals surface area contributed by atoms with Gasteiger partial charge in [-0.3, -0.25) is 29.3 Å². The molecule has 3 N–H and O–H groups in total. The minimum Gasteiger partial charge on any atom is -0.476 e. The summed E-state index contributed by atoms with van der Waals surface area (Å²) >= 11 is 0. The predicted molar refractivity (Wildman–Crippen MR) is 188 cm³/mol. The number of hydrogen-bond donors (Lipinski definition) is 3. The second-order valence-electron chi connectivity index (χ2n) is 13.3. The summed E-state index contributed by atoms with van der Waals surface area (Å²) in [5.74, 6) is -1.50. The van der Waals surface area contributed by atoms with Gasteiger partial charge in [0.05, 0.1) is 23.7 Å². The number of amides is 3. The van der Waals surface area contributed by atoms with Crippen LogP contribution in [-0.2, 0) is 21.4 Å². The maximum Gasteiger partial charge on any atom is 0.355 e. The van der Waals surface area contributed by atoms with Crippen LogP contribution in [0.25, 0.3) is 22.0 Å². The number of rotatable bonds is 11. The third kappa shape index (κ3) is 7.64. The number of carboxylic acid groups (broad SMARTS) is 1. The van der Waals surface area contributed by atoms with Gasteiger partial charge in [0.2, 0.25) is 17.7 Å². The normalized spacial score (nSPS) is 17.2. The van der Waals surface area contributed by atoms with E-state index in [0.717, 1.165) is 73.0 Å². The Bertz CT molecular complexity index is 1900. The largest absolute Gasteiger partial charge is 0.476 e. The molecular weight excluding hydrogens is 622 g/mol. The summed E-state index contributed by atoms with van der Waals surface area (Å²) in [5.41, 5.74) is 5.81. The van der Waals surface area contributed by atoms with Gasteiger partial charge in [-0.25, -0.2) is 9.78 Å². The molecule has 2 fully saturated rings. The number of imide groups is 1. The molecule has 0 radical (unpaired) electrons. The molecule has 0 bridgehead atoms. The lowest BCUT2D eigenvalue weighted by Crippen LogP contribution is -2.39. The van der Waals surface area contributed by atoms with Crippen LogP contribution < -0.4 is 15.5 Å². The number of pyridine rings is 1. The molecule has 49 heavy (non-hydrogen) atoms. The van der Waals surface area contributed by atoms with E-state index in [0.29, 0.717) is 42.2 Å². The van der Waals surface area contributed by atoms with Crippen LogP contribution in [0.5, 0.6) is 0 Å². The summed E-state index contributed by atoms with van der Waals surface area (Å²) in [6.45, 7) is 5.03. The average molecular weight is 666 g/mol. The third-order valence-electron chi connectivity index (χ3n) is 9.86. The number of hydrogen-bond acceptors (Lipinski definition) is 8. The number of carboxylic acids is 1. The van der Waals surface area contributed by atoms with Crippen LogP contribution >= 0.6 is 0 Å². The van der Waals surface area contributed by atoms with Gasteiger partial charge in [-0.05, 0) is 106 Å². The SMILES string of the molecule is Cc1cc(N(C)CCCC2CCN(CC(=O)Nc3ccc4c(C5CCC(=O)NC5=O)nn(C)c4c3)CC2)ccc1-c1cccnc1C(=O)O. The van der Waals surface area contributed by atoms with E-state index in [9.17, 15) is 24.3 Å². The summed E-state index contributed by atoms with van der Waals surface area (Å²) in [5, 5.41) is 20.4. The van der Waals surface area contributed by atoms with Crippen LogP contribution in [0.4, 0.5) is 11.4 Å². The van der Waals surface area contributed by atoms with Gasteiger partial charge in [0.25, 0.3) is 0 Å². The lowest BCUT2D eigenvalue weighted by Gasteiger charge is -2.32. The second-order valence-corrected chi connectivity index (χ2v) is 13.3. The van der Waals surface area contributed by atoms with E-state index in [1.54, 1.807) is 16.8 Å². The Morgan fingerprint density at radius 1 is 1.06 bits per heavy atom. The number of carbonyl (C=O) groups is 4. The van der Waals surface area contributed by atoms with E-state index < -0.39 is 11.9 Å². The van der Waals surface area contributed by atoms with E-state index in [-0.39, 0.29) is 23.4 Å². The van der Waals surface area contributed by atoms with E-state index in [4.69, 9.17) is 0 Å². The molecule has 256 valence electrons. The first-order chi connectivity index (χ1) is 23.6.